The maximum absolute atomic E-state index is 10.0. The molecule has 0 unspecified atom stereocenters. The Kier molecular flexibility index (Phi) is 6.09. The minimum atomic E-state index is 0.244. The van der Waals surface area contributed by atoms with Crippen LogP contribution in [0.1, 0.15) is 26.2 Å². The minimum Gasteiger partial charge on any atom is -0.396 e. The first-order chi connectivity index (χ1) is 12.2. The number of nitrogens with two attached hydrogens (primary N) is 1. The van der Waals surface area contributed by atoms with Crippen molar-refractivity contribution >= 4 is 11.8 Å². The van der Waals surface area contributed by atoms with Gasteiger partial charge in [-0.1, -0.05) is 0 Å². The summed E-state index contributed by atoms with van der Waals surface area (Å²) in [6, 6.07) is 1.72. The third kappa shape index (κ3) is 4.22. The number of hydrogen-bond acceptors (Lipinski definition) is 7. The Hall–Kier alpha value is -1.44. The maximum Gasteiger partial charge on any atom is 0.227 e. The molecule has 140 valence electrons. The predicted octanol–water partition coefficient (Wildman–Crippen LogP) is 0.996. The van der Waals surface area contributed by atoms with Gasteiger partial charge in [0.25, 0.3) is 0 Å². The number of aliphatic hydroxyl groups excluding tert-OH is 1. The van der Waals surface area contributed by atoms with Crippen molar-refractivity contribution in [2.75, 3.05) is 63.2 Å². The van der Waals surface area contributed by atoms with Crippen molar-refractivity contribution in [3.05, 3.63) is 12.3 Å². The number of nitrogens with zero attached hydrogens (tertiary/aromatic N) is 4. The molecule has 2 aliphatic heterocycles. The topological polar surface area (TPSA) is 87.7 Å². The molecule has 2 fully saturated rings. The van der Waals surface area contributed by atoms with Gasteiger partial charge < -0.3 is 25.4 Å². The van der Waals surface area contributed by atoms with Crippen LogP contribution < -0.4 is 10.6 Å². The second-order valence-electron chi connectivity index (χ2n) is 7.26. The van der Waals surface area contributed by atoms with Gasteiger partial charge in [0.1, 0.15) is 5.82 Å². The fourth-order valence-corrected chi connectivity index (χ4v) is 4.30. The number of aromatic nitrogens is 2. The lowest BCUT2D eigenvalue weighted by Gasteiger charge is -2.51. The van der Waals surface area contributed by atoms with Crippen LogP contribution in [0.2, 0.25) is 0 Å². The van der Waals surface area contributed by atoms with Crippen LogP contribution in [0.15, 0.2) is 12.3 Å². The summed E-state index contributed by atoms with van der Waals surface area (Å²) in [4.78, 5) is 13.4. The second kappa shape index (κ2) is 8.29. The SMILES string of the molecule is CCOCCN1CCC2(CCN(c3nccc(N)n3)CC2)[C@@H](CO)C1. The molecule has 3 N–H and O–H groups in total. The van der Waals surface area contributed by atoms with Crippen LogP contribution in [0.25, 0.3) is 0 Å². The number of piperidine rings is 2. The molecule has 0 aromatic carbocycles. The van der Waals surface area contributed by atoms with E-state index >= 15 is 0 Å². The van der Waals surface area contributed by atoms with E-state index in [9.17, 15) is 5.11 Å². The van der Waals surface area contributed by atoms with E-state index in [1.165, 1.54) is 0 Å². The Morgan fingerprint density at radius 1 is 1.32 bits per heavy atom. The molecule has 2 aliphatic rings. The standard InChI is InChI=1S/C18H31N5O2/c1-2-25-12-11-22-8-4-18(15(13-22)14-24)5-9-23(10-6-18)17-20-7-3-16(19)21-17/h3,7,15,24H,2,4-6,8-14H2,1H3,(H2,19,20,21)/t15-/m1/s1. The zero-order valence-corrected chi connectivity index (χ0v) is 15.2. The summed E-state index contributed by atoms with van der Waals surface area (Å²) in [5.74, 6) is 1.58. The van der Waals surface area contributed by atoms with Crippen LogP contribution in [0.4, 0.5) is 11.8 Å². The van der Waals surface area contributed by atoms with Crippen molar-refractivity contribution in [1.29, 1.82) is 0 Å². The number of ether oxygens (including phenoxy) is 1. The Labute approximate surface area is 150 Å². The van der Waals surface area contributed by atoms with E-state index in [2.05, 4.69) is 19.8 Å². The third-order valence-electron chi connectivity index (χ3n) is 5.95. The Morgan fingerprint density at radius 2 is 2.08 bits per heavy atom. The lowest BCUT2D eigenvalue weighted by molar-refractivity contribution is -0.0244. The van der Waals surface area contributed by atoms with Crippen molar-refractivity contribution in [2.24, 2.45) is 11.3 Å². The highest BCUT2D eigenvalue weighted by molar-refractivity contribution is 5.38. The largest absolute Gasteiger partial charge is 0.396 e. The summed E-state index contributed by atoms with van der Waals surface area (Å²) in [6.45, 7) is 8.73. The summed E-state index contributed by atoms with van der Waals surface area (Å²) in [5, 5.41) is 10.0. The molecule has 0 bridgehead atoms. The smallest absolute Gasteiger partial charge is 0.227 e. The van der Waals surface area contributed by atoms with Crippen LogP contribution in [0, 0.1) is 11.3 Å². The number of rotatable bonds is 6. The van der Waals surface area contributed by atoms with Gasteiger partial charge in [0.15, 0.2) is 0 Å². The molecular weight excluding hydrogens is 318 g/mol. The van der Waals surface area contributed by atoms with Gasteiger partial charge >= 0.3 is 0 Å². The molecule has 25 heavy (non-hydrogen) atoms. The quantitative estimate of drug-likeness (QED) is 0.741. The molecule has 2 saturated heterocycles. The molecule has 1 atom stereocenters. The Balaban J connectivity index is 1.58. The lowest BCUT2D eigenvalue weighted by Crippen LogP contribution is -2.54. The van der Waals surface area contributed by atoms with Crippen LogP contribution >= 0.6 is 0 Å². The summed E-state index contributed by atoms with van der Waals surface area (Å²) >= 11 is 0. The van der Waals surface area contributed by atoms with Gasteiger partial charge in [0.05, 0.1) is 6.61 Å². The van der Waals surface area contributed by atoms with E-state index in [1.807, 2.05) is 6.92 Å². The van der Waals surface area contributed by atoms with Gasteiger partial charge in [0, 0.05) is 51.5 Å². The van der Waals surface area contributed by atoms with E-state index in [0.717, 1.165) is 71.1 Å². The molecule has 3 rings (SSSR count). The Morgan fingerprint density at radius 3 is 2.76 bits per heavy atom. The summed E-state index contributed by atoms with van der Waals surface area (Å²) in [5.41, 5.74) is 6.03. The summed E-state index contributed by atoms with van der Waals surface area (Å²) in [7, 11) is 0. The van der Waals surface area contributed by atoms with Crippen molar-refractivity contribution in [1.82, 2.24) is 14.9 Å². The van der Waals surface area contributed by atoms with E-state index < -0.39 is 0 Å². The zero-order chi connectivity index (χ0) is 17.7. The minimum absolute atomic E-state index is 0.244. The van der Waals surface area contributed by atoms with Crippen LogP contribution in [0.3, 0.4) is 0 Å². The fraction of sp³-hybridized carbons (Fsp3) is 0.778. The maximum atomic E-state index is 10.0. The summed E-state index contributed by atoms with van der Waals surface area (Å²) in [6.07, 6.45) is 5.02. The Bertz CT molecular complexity index is 548. The first-order valence-corrected chi connectivity index (χ1v) is 9.41. The normalized spacial score (nSPS) is 23.9. The summed E-state index contributed by atoms with van der Waals surface area (Å²) < 4.78 is 5.48. The zero-order valence-electron chi connectivity index (χ0n) is 15.2. The van der Waals surface area contributed by atoms with Crippen molar-refractivity contribution in [3.63, 3.8) is 0 Å². The highest BCUT2D eigenvalue weighted by Gasteiger charge is 2.44. The van der Waals surface area contributed by atoms with Crippen LogP contribution in [0.5, 0.6) is 0 Å². The van der Waals surface area contributed by atoms with Gasteiger partial charge in [-0.15, -0.1) is 0 Å². The molecule has 1 aromatic heterocycles. The first kappa shape index (κ1) is 18.4. The van der Waals surface area contributed by atoms with E-state index in [-0.39, 0.29) is 12.0 Å². The molecule has 3 heterocycles. The monoisotopic (exact) mass is 349 g/mol. The highest BCUT2D eigenvalue weighted by Crippen LogP contribution is 2.45. The molecule has 1 spiro atoms. The molecule has 0 aliphatic carbocycles. The number of likely N-dealkylation sites (tertiary alicyclic amines) is 1. The average Bonchev–Trinajstić information content (AvgIpc) is 2.64. The van der Waals surface area contributed by atoms with E-state index in [1.54, 1.807) is 12.3 Å². The molecule has 0 radical (unpaired) electrons. The van der Waals surface area contributed by atoms with E-state index in [0.29, 0.717) is 11.7 Å². The highest BCUT2D eigenvalue weighted by atomic mass is 16.5. The predicted molar refractivity (Wildman–Crippen MR) is 98.5 cm³/mol. The molecule has 7 heteroatoms. The number of anilines is 2. The number of nitrogen functional groups attached to an aromatic ring is 1. The molecule has 0 saturated carbocycles. The lowest BCUT2D eigenvalue weighted by atomic mass is 9.64. The second-order valence-corrected chi connectivity index (χ2v) is 7.26. The van der Waals surface area contributed by atoms with Gasteiger partial charge in [-0.05, 0) is 44.2 Å². The van der Waals surface area contributed by atoms with E-state index in [4.69, 9.17) is 10.5 Å². The third-order valence-corrected chi connectivity index (χ3v) is 5.95. The van der Waals surface area contributed by atoms with Crippen LogP contribution in [-0.2, 0) is 4.74 Å². The van der Waals surface area contributed by atoms with Crippen molar-refractivity contribution in [2.45, 2.75) is 26.2 Å². The van der Waals surface area contributed by atoms with Gasteiger partial charge in [0.2, 0.25) is 5.95 Å². The van der Waals surface area contributed by atoms with Crippen LogP contribution in [-0.4, -0.2) is 72.5 Å². The van der Waals surface area contributed by atoms with Crippen molar-refractivity contribution < 1.29 is 9.84 Å². The van der Waals surface area contributed by atoms with Crippen molar-refractivity contribution in [3.8, 4) is 0 Å². The van der Waals surface area contributed by atoms with Gasteiger partial charge in [-0.3, -0.25) is 0 Å². The molecule has 1 aromatic rings. The number of aliphatic hydroxyl groups is 1. The van der Waals surface area contributed by atoms with Gasteiger partial charge in [-0.2, -0.15) is 4.98 Å². The molecule has 7 nitrogen and oxygen atoms in total. The first-order valence-electron chi connectivity index (χ1n) is 9.41. The molecule has 0 amide bonds. The average molecular weight is 349 g/mol. The van der Waals surface area contributed by atoms with Gasteiger partial charge in [-0.25, -0.2) is 4.98 Å². The number of hydrogen-bond donors (Lipinski definition) is 2. The molecular formula is C18H31N5O2. The fourth-order valence-electron chi connectivity index (χ4n) is 4.30.